The molecule has 0 spiro atoms. The van der Waals surface area contributed by atoms with E-state index in [0.29, 0.717) is 0 Å². The van der Waals surface area contributed by atoms with E-state index in [1.807, 2.05) is 45.2 Å². The summed E-state index contributed by atoms with van der Waals surface area (Å²) < 4.78 is 0. The lowest BCUT2D eigenvalue weighted by atomic mass is 10.1. The number of hydrogen-bond acceptors (Lipinski definition) is 2. The first-order chi connectivity index (χ1) is 8.38. The summed E-state index contributed by atoms with van der Waals surface area (Å²) in [6.45, 7) is 5.80. The fourth-order valence-electron chi connectivity index (χ4n) is 1.29. The maximum atomic E-state index is 5.93. The van der Waals surface area contributed by atoms with Crippen LogP contribution in [-0.4, -0.2) is 17.0 Å². The van der Waals surface area contributed by atoms with Crippen LogP contribution >= 0.6 is 47.3 Å². The van der Waals surface area contributed by atoms with Gasteiger partial charge in [-0.3, -0.25) is 0 Å². The van der Waals surface area contributed by atoms with Crippen LogP contribution in [0.1, 0.15) is 19.4 Å². The molecule has 1 aromatic carbocycles. The van der Waals surface area contributed by atoms with Crippen molar-refractivity contribution in [1.82, 2.24) is 0 Å². The van der Waals surface area contributed by atoms with Gasteiger partial charge in [-0.15, -0.1) is 30.4 Å². The normalized spacial score (nSPS) is 11.5. The van der Waals surface area contributed by atoms with Crippen LogP contribution in [0.25, 0.3) is 0 Å². The molecule has 1 rings (SSSR count). The third-order valence-corrected chi connectivity index (χ3v) is 3.17. The smallest absolute Gasteiger partial charge is 0.162 e. The molecule has 0 aromatic heterocycles. The second-order valence-corrected chi connectivity index (χ2v) is 5.64. The molecule has 2 nitrogen and oxygen atoms in total. The Balaban J connectivity index is 0.00000324. The van der Waals surface area contributed by atoms with Crippen molar-refractivity contribution in [3.8, 4) is 12.3 Å². The van der Waals surface area contributed by atoms with Gasteiger partial charge in [0.1, 0.15) is 5.54 Å². The Kier molecular flexibility index (Phi) is 7.87. The number of benzene rings is 1. The SMILES string of the molecule is C#CC(C)(C)N=C(Nc1ccc(Cl)cc1C)SC.I. The van der Waals surface area contributed by atoms with Crippen LogP contribution in [-0.2, 0) is 0 Å². The third-order valence-electron chi connectivity index (χ3n) is 2.36. The summed E-state index contributed by atoms with van der Waals surface area (Å²) in [5, 5.41) is 4.79. The molecule has 19 heavy (non-hydrogen) atoms. The van der Waals surface area contributed by atoms with Gasteiger partial charge in [-0.05, 0) is 50.8 Å². The number of rotatable bonds is 2. The summed E-state index contributed by atoms with van der Waals surface area (Å²) >= 11 is 7.46. The molecule has 0 bridgehead atoms. The largest absolute Gasteiger partial charge is 0.335 e. The number of terminal acetylenes is 1. The number of nitrogens with zero attached hydrogens (tertiary/aromatic N) is 1. The zero-order valence-electron chi connectivity index (χ0n) is 11.5. The van der Waals surface area contributed by atoms with Gasteiger partial charge in [0.25, 0.3) is 0 Å². The number of anilines is 1. The molecule has 0 aliphatic carbocycles. The minimum Gasteiger partial charge on any atom is -0.335 e. The number of amidine groups is 1. The van der Waals surface area contributed by atoms with Crippen molar-refractivity contribution in [2.75, 3.05) is 11.6 Å². The van der Waals surface area contributed by atoms with Gasteiger partial charge in [0.2, 0.25) is 0 Å². The zero-order valence-corrected chi connectivity index (χ0v) is 15.4. The van der Waals surface area contributed by atoms with Crippen LogP contribution in [0.2, 0.25) is 5.02 Å². The van der Waals surface area contributed by atoms with Gasteiger partial charge in [-0.2, -0.15) is 0 Å². The van der Waals surface area contributed by atoms with Crippen LogP contribution in [0.3, 0.4) is 0 Å². The summed E-state index contributed by atoms with van der Waals surface area (Å²) in [5.74, 6) is 2.65. The number of aliphatic imine (C=N–C) groups is 1. The van der Waals surface area contributed by atoms with E-state index < -0.39 is 5.54 Å². The van der Waals surface area contributed by atoms with Gasteiger partial charge in [-0.25, -0.2) is 4.99 Å². The highest BCUT2D eigenvalue weighted by Gasteiger charge is 2.13. The van der Waals surface area contributed by atoms with Gasteiger partial charge in [0.05, 0.1) is 0 Å². The molecule has 0 unspecified atom stereocenters. The van der Waals surface area contributed by atoms with Crippen molar-refractivity contribution in [3.63, 3.8) is 0 Å². The lowest BCUT2D eigenvalue weighted by Crippen LogP contribution is -2.19. The molecule has 5 heteroatoms. The van der Waals surface area contributed by atoms with Crippen molar-refractivity contribution < 1.29 is 0 Å². The van der Waals surface area contributed by atoms with E-state index in [4.69, 9.17) is 18.0 Å². The first-order valence-corrected chi connectivity index (χ1v) is 7.13. The number of nitrogens with one attached hydrogen (secondary N) is 1. The number of hydrogen-bond donors (Lipinski definition) is 1. The first kappa shape index (κ1) is 18.6. The van der Waals surface area contributed by atoms with Gasteiger partial charge in [0, 0.05) is 10.7 Å². The van der Waals surface area contributed by atoms with E-state index in [0.717, 1.165) is 21.4 Å². The molecule has 0 atom stereocenters. The molecular weight excluding hydrogens is 391 g/mol. The zero-order chi connectivity index (χ0) is 13.8. The molecule has 0 amide bonds. The second-order valence-electron chi connectivity index (χ2n) is 4.41. The molecule has 0 radical (unpaired) electrons. The van der Waals surface area contributed by atoms with E-state index in [-0.39, 0.29) is 24.0 Å². The highest BCUT2D eigenvalue weighted by Crippen LogP contribution is 2.21. The van der Waals surface area contributed by atoms with E-state index in [1.54, 1.807) is 0 Å². The highest BCUT2D eigenvalue weighted by molar-refractivity contribution is 14.0. The molecular formula is C14H18ClIN2S. The van der Waals surface area contributed by atoms with E-state index in [2.05, 4.69) is 16.2 Å². The maximum Gasteiger partial charge on any atom is 0.162 e. The first-order valence-electron chi connectivity index (χ1n) is 5.53. The van der Waals surface area contributed by atoms with Gasteiger partial charge in [-0.1, -0.05) is 29.3 Å². The van der Waals surface area contributed by atoms with E-state index in [1.165, 1.54) is 11.8 Å². The molecule has 0 heterocycles. The van der Waals surface area contributed by atoms with Crippen molar-refractivity contribution in [1.29, 1.82) is 0 Å². The lowest BCUT2D eigenvalue weighted by Gasteiger charge is -2.16. The van der Waals surface area contributed by atoms with Crippen molar-refractivity contribution >= 4 is 58.2 Å². The monoisotopic (exact) mass is 408 g/mol. The van der Waals surface area contributed by atoms with E-state index >= 15 is 0 Å². The van der Waals surface area contributed by atoms with Crippen LogP contribution in [0.4, 0.5) is 5.69 Å². The summed E-state index contributed by atoms with van der Waals surface area (Å²) in [6, 6.07) is 5.70. The predicted octanol–water partition coefficient (Wildman–Crippen LogP) is 4.81. The fraction of sp³-hybridized carbons (Fsp3) is 0.357. The average Bonchev–Trinajstić information content (AvgIpc) is 2.31. The summed E-state index contributed by atoms with van der Waals surface area (Å²) in [5.41, 5.74) is 1.55. The highest BCUT2D eigenvalue weighted by atomic mass is 127. The van der Waals surface area contributed by atoms with Crippen molar-refractivity contribution in [2.45, 2.75) is 26.3 Å². The van der Waals surface area contributed by atoms with Crippen LogP contribution in [0.15, 0.2) is 23.2 Å². The Bertz CT molecular complexity index is 507. The standard InChI is InChI=1S/C14H17ClN2S.HI/c1-6-14(3,4)17-13(18-5)16-12-8-7-11(15)9-10(12)2;/h1,7-9H,2-5H3,(H,16,17);1H. The Morgan fingerprint density at radius 3 is 2.58 bits per heavy atom. The van der Waals surface area contributed by atoms with Gasteiger partial charge in [0.15, 0.2) is 5.17 Å². The number of thioether (sulfide) groups is 1. The van der Waals surface area contributed by atoms with Crippen LogP contribution in [0.5, 0.6) is 0 Å². The molecule has 1 aromatic rings. The quantitative estimate of drug-likeness (QED) is 0.329. The Hall–Kier alpha value is -0.380. The molecule has 0 saturated heterocycles. The maximum absolute atomic E-state index is 5.93. The van der Waals surface area contributed by atoms with Crippen LogP contribution < -0.4 is 5.32 Å². The van der Waals surface area contributed by atoms with Crippen molar-refractivity contribution in [3.05, 3.63) is 28.8 Å². The molecule has 0 aliphatic rings. The average molecular weight is 409 g/mol. The molecule has 0 fully saturated rings. The number of aryl methyl sites for hydroxylation is 1. The molecule has 0 saturated carbocycles. The summed E-state index contributed by atoms with van der Waals surface area (Å²) in [6.07, 6.45) is 7.40. The van der Waals surface area contributed by atoms with Gasteiger partial charge < -0.3 is 5.32 Å². The topological polar surface area (TPSA) is 24.4 Å². The minimum absolute atomic E-state index is 0. The molecule has 0 aliphatic heterocycles. The second kappa shape index (κ2) is 8.03. The minimum atomic E-state index is -0.508. The molecule has 1 N–H and O–H groups in total. The number of halogens is 2. The van der Waals surface area contributed by atoms with Crippen LogP contribution in [0, 0.1) is 19.3 Å². The Labute approximate surface area is 141 Å². The van der Waals surface area contributed by atoms with Crippen molar-refractivity contribution in [2.24, 2.45) is 4.99 Å². The summed E-state index contributed by atoms with van der Waals surface area (Å²) in [4.78, 5) is 4.50. The Morgan fingerprint density at radius 2 is 2.11 bits per heavy atom. The lowest BCUT2D eigenvalue weighted by molar-refractivity contribution is 0.687. The predicted molar refractivity (Wildman–Crippen MR) is 99.1 cm³/mol. The summed E-state index contributed by atoms with van der Waals surface area (Å²) in [7, 11) is 0. The molecule has 104 valence electrons. The fourth-order valence-corrected chi connectivity index (χ4v) is 2.05. The van der Waals surface area contributed by atoms with E-state index in [9.17, 15) is 0 Å². The Morgan fingerprint density at radius 1 is 1.47 bits per heavy atom. The van der Waals surface area contributed by atoms with Gasteiger partial charge >= 0.3 is 0 Å². The third kappa shape index (κ3) is 6.07.